The number of benzene rings is 1. The number of amides is 1. The Kier molecular flexibility index (Phi) is 4.88. The van der Waals surface area contributed by atoms with Gasteiger partial charge in [0.15, 0.2) is 11.5 Å². The van der Waals surface area contributed by atoms with Crippen molar-refractivity contribution in [3.63, 3.8) is 0 Å². The van der Waals surface area contributed by atoms with Crippen molar-refractivity contribution in [2.75, 3.05) is 20.8 Å². The first-order valence-corrected chi connectivity index (χ1v) is 5.42. The summed E-state index contributed by atoms with van der Waals surface area (Å²) in [5.41, 5.74) is -0.0492. The molecule has 0 aliphatic rings. The zero-order valence-corrected chi connectivity index (χ0v) is 10.9. The maximum Gasteiger partial charge on any atom is 0.405 e. The fourth-order valence-electron chi connectivity index (χ4n) is 1.33. The lowest BCUT2D eigenvalue weighted by Crippen LogP contribution is -2.33. The van der Waals surface area contributed by atoms with Crippen molar-refractivity contribution in [1.82, 2.24) is 5.32 Å². The molecule has 0 bridgehead atoms. The predicted octanol–water partition coefficient (Wildman–Crippen LogP) is 2.65. The van der Waals surface area contributed by atoms with Crippen molar-refractivity contribution in [1.29, 1.82) is 0 Å². The van der Waals surface area contributed by atoms with Gasteiger partial charge >= 0.3 is 6.18 Å². The average molecular weight is 298 g/mol. The lowest BCUT2D eigenvalue weighted by Gasteiger charge is -2.12. The summed E-state index contributed by atoms with van der Waals surface area (Å²) >= 11 is 5.84. The lowest BCUT2D eigenvalue weighted by molar-refractivity contribution is -0.123. The first-order chi connectivity index (χ1) is 8.78. The highest BCUT2D eigenvalue weighted by molar-refractivity contribution is 6.32. The number of halogens is 4. The average Bonchev–Trinajstić information content (AvgIpc) is 2.33. The van der Waals surface area contributed by atoms with E-state index in [1.54, 1.807) is 5.32 Å². The fourth-order valence-corrected chi connectivity index (χ4v) is 1.62. The Hall–Kier alpha value is -1.63. The SMILES string of the molecule is COc1cc(C(=O)NCC(F)(F)F)cc(Cl)c1OC. The third-order valence-corrected chi connectivity index (χ3v) is 2.43. The molecular formula is C11H11ClF3NO3. The molecule has 1 N–H and O–H groups in total. The zero-order chi connectivity index (χ0) is 14.6. The molecule has 0 fully saturated rings. The van der Waals surface area contributed by atoms with Crippen molar-refractivity contribution in [3.05, 3.63) is 22.7 Å². The minimum atomic E-state index is -4.48. The Morgan fingerprint density at radius 3 is 2.42 bits per heavy atom. The molecule has 1 aromatic carbocycles. The van der Waals surface area contributed by atoms with E-state index in [4.69, 9.17) is 21.1 Å². The van der Waals surface area contributed by atoms with E-state index in [1.165, 1.54) is 26.4 Å². The Bertz CT molecular complexity index is 477. The second-order valence-corrected chi connectivity index (χ2v) is 3.90. The smallest absolute Gasteiger partial charge is 0.405 e. The van der Waals surface area contributed by atoms with Crippen molar-refractivity contribution in [2.24, 2.45) is 0 Å². The number of methoxy groups -OCH3 is 2. The number of carbonyl (C=O) groups excluding carboxylic acids is 1. The van der Waals surface area contributed by atoms with Crippen LogP contribution in [0.15, 0.2) is 12.1 Å². The Morgan fingerprint density at radius 1 is 1.32 bits per heavy atom. The number of hydrogen-bond donors (Lipinski definition) is 1. The summed E-state index contributed by atoms with van der Waals surface area (Å²) in [6.07, 6.45) is -4.48. The number of hydrogen-bond acceptors (Lipinski definition) is 3. The van der Waals surface area contributed by atoms with Gasteiger partial charge in [-0.3, -0.25) is 4.79 Å². The summed E-state index contributed by atoms with van der Waals surface area (Å²) in [5, 5.41) is 1.80. The molecule has 0 unspecified atom stereocenters. The molecule has 106 valence electrons. The van der Waals surface area contributed by atoms with E-state index in [2.05, 4.69) is 0 Å². The van der Waals surface area contributed by atoms with Crippen LogP contribution in [0.3, 0.4) is 0 Å². The van der Waals surface area contributed by atoms with E-state index in [1.807, 2.05) is 0 Å². The molecule has 0 heterocycles. The van der Waals surface area contributed by atoms with Gasteiger partial charge in [0.25, 0.3) is 5.91 Å². The van der Waals surface area contributed by atoms with Crippen LogP contribution in [0.1, 0.15) is 10.4 Å². The van der Waals surface area contributed by atoms with Crippen LogP contribution >= 0.6 is 11.6 Å². The van der Waals surface area contributed by atoms with Gasteiger partial charge in [0, 0.05) is 5.56 Å². The number of ether oxygens (including phenoxy) is 2. The molecule has 0 aromatic heterocycles. The van der Waals surface area contributed by atoms with Gasteiger partial charge in [-0.25, -0.2) is 0 Å². The van der Waals surface area contributed by atoms with Crippen LogP contribution in [0.25, 0.3) is 0 Å². The molecular weight excluding hydrogens is 287 g/mol. The van der Waals surface area contributed by atoms with Gasteiger partial charge in [-0.05, 0) is 12.1 Å². The molecule has 0 aliphatic carbocycles. The summed E-state index contributed by atoms with van der Waals surface area (Å²) in [4.78, 5) is 11.5. The highest BCUT2D eigenvalue weighted by atomic mass is 35.5. The van der Waals surface area contributed by atoms with Gasteiger partial charge in [-0.1, -0.05) is 11.6 Å². The summed E-state index contributed by atoms with van der Waals surface area (Å²) in [6, 6.07) is 2.45. The van der Waals surface area contributed by atoms with Crippen molar-refractivity contribution in [2.45, 2.75) is 6.18 Å². The molecule has 0 atom stereocenters. The van der Waals surface area contributed by atoms with Crippen molar-refractivity contribution < 1.29 is 27.4 Å². The quantitative estimate of drug-likeness (QED) is 0.929. The highest BCUT2D eigenvalue weighted by Gasteiger charge is 2.28. The molecule has 8 heteroatoms. The largest absolute Gasteiger partial charge is 0.493 e. The van der Waals surface area contributed by atoms with Gasteiger partial charge in [-0.2, -0.15) is 13.2 Å². The molecule has 1 aromatic rings. The van der Waals surface area contributed by atoms with Crippen LogP contribution < -0.4 is 14.8 Å². The van der Waals surface area contributed by atoms with Gasteiger partial charge in [0.2, 0.25) is 0 Å². The normalized spacial score (nSPS) is 11.1. The Morgan fingerprint density at radius 2 is 1.95 bits per heavy atom. The highest BCUT2D eigenvalue weighted by Crippen LogP contribution is 2.35. The van der Waals surface area contributed by atoms with Crippen LogP contribution in [0.4, 0.5) is 13.2 Å². The van der Waals surface area contributed by atoms with Crippen LogP contribution in [-0.2, 0) is 0 Å². The Balaban J connectivity index is 2.95. The first kappa shape index (κ1) is 15.4. The lowest BCUT2D eigenvalue weighted by atomic mass is 10.2. The van der Waals surface area contributed by atoms with E-state index in [9.17, 15) is 18.0 Å². The van der Waals surface area contributed by atoms with Crippen LogP contribution in [0.2, 0.25) is 5.02 Å². The molecule has 0 saturated carbocycles. The van der Waals surface area contributed by atoms with E-state index < -0.39 is 18.6 Å². The third kappa shape index (κ3) is 4.20. The third-order valence-electron chi connectivity index (χ3n) is 2.15. The monoisotopic (exact) mass is 297 g/mol. The summed E-state index contributed by atoms with van der Waals surface area (Å²) in [5.74, 6) is -0.538. The minimum absolute atomic E-state index is 0.0492. The van der Waals surface area contributed by atoms with Gasteiger partial charge in [0.1, 0.15) is 6.54 Å². The number of nitrogens with one attached hydrogen (secondary N) is 1. The standard InChI is InChI=1S/C11H11ClF3NO3/c1-18-8-4-6(3-7(12)9(8)19-2)10(17)16-5-11(13,14)15/h3-4H,5H2,1-2H3,(H,16,17). The molecule has 0 radical (unpaired) electrons. The van der Waals surface area contributed by atoms with Crippen LogP contribution in [0.5, 0.6) is 11.5 Å². The van der Waals surface area contributed by atoms with E-state index in [-0.39, 0.29) is 22.1 Å². The molecule has 0 saturated heterocycles. The van der Waals surface area contributed by atoms with Gasteiger partial charge < -0.3 is 14.8 Å². The van der Waals surface area contributed by atoms with Crippen molar-refractivity contribution in [3.8, 4) is 11.5 Å². The second-order valence-electron chi connectivity index (χ2n) is 3.49. The van der Waals surface area contributed by atoms with E-state index in [0.29, 0.717) is 0 Å². The topological polar surface area (TPSA) is 47.6 Å². The molecule has 0 spiro atoms. The van der Waals surface area contributed by atoms with Crippen LogP contribution in [0, 0.1) is 0 Å². The van der Waals surface area contributed by atoms with Gasteiger partial charge in [-0.15, -0.1) is 0 Å². The maximum absolute atomic E-state index is 12.0. The molecule has 1 amide bonds. The number of carbonyl (C=O) groups is 1. The summed E-state index contributed by atoms with van der Waals surface area (Å²) in [6.45, 7) is -1.42. The molecule has 0 aliphatic heterocycles. The Labute approximate surface area is 112 Å². The number of rotatable bonds is 4. The van der Waals surface area contributed by atoms with E-state index in [0.717, 1.165) is 0 Å². The second kappa shape index (κ2) is 6.01. The maximum atomic E-state index is 12.0. The first-order valence-electron chi connectivity index (χ1n) is 5.05. The predicted molar refractivity (Wildman–Crippen MR) is 62.9 cm³/mol. The van der Waals surface area contributed by atoms with Crippen LogP contribution in [-0.4, -0.2) is 32.8 Å². The van der Waals surface area contributed by atoms with E-state index >= 15 is 0 Å². The van der Waals surface area contributed by atoms with Gasteiger partial charge in [0.05, 0.1) is 19.2 Å². The minimum Gasteiger partial charge on any atom is -0.493 e. The number of alkyl halides is 3. The fraction of sp³-hybridized carbons (Fsp3) is 0.364. The zero-order valence-electron chi connectivity index (χ0n) is 10.1. The summed E-state index contributed by atoms with van der Waals surface area (Å²) < 4.78 is 45.9. The van der Waals surface area contributed by atoms with Crippen molar-refractivity contribution >= 4 is 17.5 Å². The molecule has 4 nitrogen and oxygen atoms in total. The molecule has 19 heavy (non-hydrogen) atoms. The summed E-state index contributed by atoms with van der Waals surface area (Å²) in [7, 11) is 2.68. The molecule has 1 rings (SSSR count).